The highest BCUT2D eigenvalue weighted by atomic mass is 35.5. The molecule has 1 aromatic heterocycles. The number of benzene rings is 2. The molecule has 0 atom stereocenters. The Balaban J connectivity index is 1.60. The summed E-state index contributed by atoms with van der Waals surface area (Å²) in [4.78, 5) is 13.1. The van der Waals surface area contributed by atoms with Gasteiger partial charge in [-0.1, -0.05) is 37.6 Å². The first-order chi connectivity index (χ1) is 12.9. The second-order valence-corrected chi connectivity index (χ2v) is 8.10. The highest BCUT2D eigenvalue weighted by Crippen LogP contribution is 2.24. The van der Waals surface area contributed by atoms with Crippen LogP contribution in [0.3, 0.4) is 0 Å². The molecule has 0 bridgehead atoms. The minimum absolute atomic E-state index is 0.105. The zero-order chi connectivity index (χ0) is 19.4. The number of thiophene rings is 1. The van der Waals surface area contributed by atoms with Crippen LogP contribution in [0, 0.1) is 6.92 Å². The smallest absolute Gasteiger partial charge is 0.265 e. The maximum Gasteiger partial charge on any atom is 0.265 e. The number of hydrogen-bond donors (Lipinski definition) is 1. The van der Waals surface area contributed by atoms with Crippen molar-refractivity contribution in [1.82, 2.24) is 0 Å². The van der Waals surface area contributed by atoms with Gasteiger partial charge in [-0.05, 0) is 65.7 Å². The number of nitrogens with one attached hydrogen (secondary N) is 1. The van der Waals surface area contributed by atoms with Crippen molar-refractivity contribution >= 4 is 34.5 Å². The quantitative estimate of drug-likeness (QED) is 0.503. The van der Waals surface area contributed by atoms with Crippen LogP contribution in [0.25, 0.3) is 0 Å². The molecule has 3 aromatic rings. The Bertz CT molecular complexity index is 932. The Labute approximate surface area is 169 Å². The Hall–Kier alpha value is -2.30. The molecule has 0 saturated carbocycles. The second kappa shape index (κ2) is 8.59. The van der Waals surface area contributed by atoms with E-state index in [0.717, 1.165) is 22.6 Å². The molecule has 0 aliphatic heterocycles. The molecule has 0 fully saturated rings. The van der Waals surface area contributed by atoms with E-state index < -0.39 is 0 Å². The van der Waals surface area contributed by atoms with Crippen molar-refractivity contribution in [2.75, 3.05) is 5.32 Å². The Morgan fingerprint density at radius 1 is 1.15 bits per heavy atom. The molecule has 140 valence electrons. The lowest BCUT2D eigenvalue weighted by Crippen LogP contribution is -2.10. The van der Waals surface area contributed by atoms with Crippen LogP contribution in [0.5, 0.6) is 5.75 Å². The van der Waals surface area contributed by atoms with Crippen molar-refractivity contribution in [3.8, 4) is 5.75 Å². The number of rotatable bonds is 6. The molecule has 27 heavy (non-hydrogen) atoms. The monoisotopic (exact) mass is 399 g/mol. The molecular weight excluding hydrogens is 378 g/mol. The molecule has 3 nitrogen and oxygen atoms in total. The summed E-state index contributed by atoms with van der Waals surface area (Å²) in [6.07, 6.45) is 0. The molecule has 0 aliphatic rings. The lowest BCUT2D eigenvalue weighted by Gasteiger charge is -2.08. The van der Waals surface area contributed by atoms with Gasteiger partial charge in [0.25, 0.3) is 5.91 Å². The fourth-order valence-electron chi connectivity index (χ4n) is 2.65. The third-order valence-electron chi connectivity index (χ3n) is 4.24. The first-order valence-corrected chi connectivity index (χ1v) is 10.1. The summed E-state index contributed by atoms with van der Waals surface area (Å²) in [5.41, 5.74) is 4.00. The molecular formula is C22H22ClNO2S. The van der Waals surface area contributed by atoms with Crippen molar-refractivity contribution in [2.45, 2.75) is 33.3 Å². The minimum Gasteiger partial charge on any atom is -0.489 e. The molecule has 5 heteroatoms. The van der Waals surface area contributed by atoms with E-state index in [1.165, 1.54) is 16.9 Å². The Kier molecular flexibility index (Phi) is 6.19. The largest absolute Gasteiger partial charge is 0.489 e. The predicted molar refractivity (Wildman–Crippen MR) is 113 cm³/mol. The van der Waals surface area contributed by atoms with E-state index in [1.54, 1.807) is 6.07 Å². The van der Waals surface area contributed by atoms with Crippen molar-refractivity contribution < 1.29 is 9.53 Å². The van der Waals surface area contributed by atoms with Crippen LogP contribution >= 0.6 is 22.9 Å². The van der Waals surface area contributed by atoms with Gasteiger partial charge < -0.3 is 10.1 Å². The number of amides is 1. The lowest BCUT2D eigenvalue weighted by atomic mass is 10.0. The summed E-state index contributed by atoms with van der Waals surface area (Å²) in [7, 11) is 0. The van der Waals surface area contributed by atoms with Crippen LogP contribution in [0.1, 0.15) is 46.1 Å². The average molecular weight is 400 g/mol. The van der Waals surface area contributed by atoms with Crippen LogP contribution in [0.2, 0.25) is 5.02 Å². The summed E-state index contributed by atoms with van der Waals surface area (Å²) < 4.78 is 5.84. The molecule has 1 N–H and O–H groups in total. The summed E-state index contributed by atoms with van der Waals surface area (Å²) in [5, 5.41) is 5.58. The van der Waals surface area contributed by atoms with Gasteiger partial charge in [0.2, 0.25) is 0 Å². The standard InChI is InChI=1S/C22H22ClNO2S/c1-14(2)17-4-7-19(8-5-17)24-22(25)21-11-16(13-27-21)12-26-20-9-6-18(23)10-15(20)3/h4-11,13-14H,12H2,1-3H3,(H,24,25). The summed E-state index contributed by atoms with van der Waals surface area (Å²) >= 11 is 7.38. The molecule has 0 radical (unpaired) electrons. The fourth-order valence-corrected chi connectivity index (χ4v) is 3.67. The van der Waals surface area contributed by atoms with Crippen LogP contribution in [-0.4, -0.2) is 5.91 Å². The number of ether oxygens (including phenoxy) is 1. The first kappa shape index (κ1) is 19.5. The summed E-state index contributed by atoms with van der Waals surface area (Å²) in [5.74, 6) is 1.16. The normalized spacial score (nSPS) is 10.9. The van der Waals surface area contributed by atoms with Crippen molar-refractivity contribution in [2.24, 2.45) is 0 Å². The van der Waals surface area contributed by atoms with Gasteiger partial charge in [0.05, 0.1) is 4.88 Å². The van der Waals surface area contributed by atoms with Crippen LogP contribution in [0.4, 0.5) is 5.69 Å². The zero-order valence-electron chi connectivity index (χ0n) is 15.6. The number of carbonyl (C=O) groups excluding carboxylic acids is 1. The van der Waals surface area contributed by atoms with Crippen LogP contribution in [0.15, 0.2) is 53.9 Å². The number of anilines is 1. The third-order valence-corrected chi connectivity index (χ3v) is 5.46. The van der Waals surface area contributed by atoms with Crippen molar-refractivity contribution in [3.05, 3.63) is 80.5 Å². The van der Waals surface area contributed by atoms with Crippen LogP contribution < -0.4 is 10.1 Å². The minimum atomic E-state index is -0.105. The number of halogens is 1. The highest BCUT2D eigenvalue weighted by Gasteiger charge is 2.11. The van der Waals surface area contributed by atoms with E-state index in [2.05, 4.69) is 19.2 Å². The zero-order valence-corrected chi connectivity index (χ0v) is 17.2. The molecule has 0 spiro atoms. The molecule has 0 saturated heterocycles. The Morgan fingerprint density at radius 2 is 1.89 bits per heavy atom. The van der Waals surface area contributed by atoms with Gasteiger partial charge in [-0.25, -0.2) is 0 Å². The first-order valence-electron chi connectivity index (χ1n) is 8.80. The summed E-state index contributed by atoms with van der Waals surface area (Å²) in [6, 6.07) is 15.4. The lowest BCUT2D eigenvalue weighted by molar-refractivity contribution is 0.103. The fraction of sp³-hybridized carbons (Fsp3) is 0.227. The molecule has 3 rings (SSSR count). The predicted octanol–water partition coefficient (Wildman–Crippen LogP) is 6.66. The number of aryl methyl sites for hydroxylation is 1. The Morgan fingerprint density at radius 3 is 2.56 bits per heavy atom. The van der Waals surface area contributed by atoms with E-state index in [4.69, 9.17) is 16.3 Å². The van der Waals surface area contributed by atoms with E-state index in [1.807, 2.05) is 54.8 Å². The van der Waals surface area contributed by atoms with Crippen molar-refractivity contribution in [1.29, 1.82) is 0 Å². The molecule has 2 aromatic carbocycles. The maximum atomic E-state index is 12.5. The molecule has 0 aliphatic carbocycles. The van der Waals surface area contributed by atoms with Crippen LogP contribution in [-0.2, 0) is 6.61 Å². The van der Waals surface area contributed by atoms with E-state index in [9.17, 15) is 4.79 Å². The highest BCUT2D eigenvalue weighted by molar-refractivity contribution is 7.12. The van der Waals surface area contributed by atoms with Gasteiger partial charge >= 0.3 is 0 Å². The molecule has 0 unspecified atom stereocenters. The van der Waals surface area contributed by atoms with Gasteiger partial charge in [0, 0.05) is 16.3 Å². The molecule has 1 heterocycles. The second-order valence-electron chi connectivity index (χ2n) is 6.75. The summed E-state index contributed by atoms with van der Waals surface area (Å²) in [6.45, 7) is 6.66. The van der Waals surface area contributed by atoms with Crippen molar-refractivity contribution in [3.63, 3.8) is 0 Å². The number of carbonyl (C=O) groups is 1. The SMILES string of the molecule is Cc1cc(Cl)ccc1OCc1csc(C(=O)Nc2ccc(C(C)C)cc2)c1. The van der Waals surface area contributed by atoms with Gasteiger partial charge in [-0.3, -0.25) is 4.79 Å². The van der Waals surface area contributed by atoms with Gasteiger partial charge in [-0.15, -0.1) is 11.3 Å². The van der Waals surface area contributed by atoms with Gasteiger partial charge in [-0.2, -0.15) is 0 Å². The van der Waals surface area contributed by atoms with E-state index in [-0.39, 0.29) is 5.91 Å². The molecule has 1 amide bonds. The number of hydrogen-bond acceptors (Lipinski definition) is 3. The van der Waals surface area contributed by atoms with Gasteiger partial charge in [0.15, 0.2) is 0 Å². The topological polar surface area (TPSA) is 38.3 Å². The van der Waals surface area contributed by atoms with Gasteiger partial charge in [0.1, 0.15) is 12.4 Å². The van der Waals surface area contributed by atoms with E-state index in [0.29, 0.717) is 22.4 Å². The average Bonchev–Trinajstić information content (AvgIpc) is 3.10. The maximum absolute atomic E-state index is 12.5. The van der Waals surface area contributed by atoms with E-state index >= 15 is 0 Å². The third kappa shape index (κ3) is 5.12.